The van der Waals surface area contributed by atoms with E-state index >= 15 is 0 Å². The van der Waals surface area contributed by atoms with Crippen molar-refractivity contribution in [2.45, 2.75) is 19.0 Å². The number of hydrogen-bond donors (Lipinski definition) is 0. The van der Waals surface area contributed by atoms with Crippen LogP contribution >= 0.6 is 23.2 Å². The first-order valence-electron chi connectivity index (χ1n) is 7.97. The molecule has 2 aromatic carbocycles. The molecule has 4 nitrogen and oxygen atoms in total. The molecule has 1 amide bonds. The minimum absolute atomic E-state index is 0.00198. The SMILES string of the molecule is O=C(c1cccc(Cl)c1)N(Cc1c(F)cccc1Cl)[C@H]1CCS(=O)(=O)C1. The number of nitrogens with zero attached hydrogens (tertiary/aromatic N) is 1. The van der Waals surface area contributed by atoms with Crippen LogP contribution in [0.3, 0.4) is 0 Å². The van der Waals surface area contributed by atoms with Gasteiger partial charge in [-0.2, -0.15) is 0 Å². The maximum Gasteiger partial charge on any atom is 0.254 e. The zero-order chi connectivity index (χ0) is 18.9. The summed E-state index contributed by atoms with van der Waals surface area (Å²) in [5.74, 6) is -1.09. The minimum Gasteiger partial charge on any atom is -0.330 e. The van der Waals surface area contributed by atoms with Gasteiger partial charge in [-0.25, -0.2) is 12.8 Å². The highest BCUT2D eigenvalue weighted by Gasteiger charge is 2.35. The van der Waals surface area contributed by atoms with Crippen LogP contribution in [0.15, 0.2) is 42.5 Å². The Bertz CT molecular complexity index is 929. The minimum atomic E-state index is -3.22. The first-order valence-corrected chi connectivity index (χ1v) is 10.5. The highest BCUT2D eigenvalue weighted by atomic mass is 35.5. The van der Waals surface area contributed by atoms with Crippen molar-refractivity contribution in [2.75, 3.05) is 11.5 Å². The number of sulfone groups is 1. The van der Waals surface area contributed by atoms with Crippen LogP contribution in [-0.4, -0.2) is 36.8 Å². The van der Waals surface area contributed by atoms with E-state index in [2.05, 4.69) is 0 Å². The lowest BCUT2D eigenvalue weighted by Gasteiger charge is -2.29. The largest absolute Gasteiger partial charge is 0.330 e. The molecule has 0 radical (unpaired) electrons. The van der Waals surface area contributed by atoms with Crippen LogP contribution in [-0.2, 0) is 16.4 Å². The normalized spacial score (nSPS) is 18.7. The van der Waals surface area contributed by atoms with Crippen LogP contribution in [0.5, 0.6) is 0 Å². The van der Waals surface area contributed by atoms with E-state index < -0.39 is 27.6 Å². The molecule has 1 atom stereocenters. The summed E-state index contributed by atoms with van der Waals surface area (Å²) in [7, 11) is -3.22. The van der Waals surface area contributed by atoms with E-state index in [0.717, 1.165) is 0 Å². The summed E-state index contributed by atoms with van der Waals surface area (Å²) in [5, 5.41) is 0.577. The highest BCUT2D eigenvalue weighted by molar-refractivity contribution is 7.91. The molecule has 1 aliphatic rings. The van der Waals surface area contributed by atoms with Crippen molar-refractivity contribution >= 4 is 38.9 Å². The Kier molecular flexibility index (Phi) is 5.55. The fourth-order valence-corrected chi connectivity index (χ4v) is 5.17. The molecule has 1 fully saturated rings. The Morgan fingerprint density at radius 2 is 1.92 bits per heavy atom. The van der Waals surface area contributed by atoms with Crippen molar-refractivity contribution in [3.8, 4) is 0 Å². The summed E-state index contributed by atoms with van der Waals surface area (Å²) in [4.78, 5) is 14.4. The molecule has 0 aromatic heterocycles. The lowest BCUT2D eigenvalue weighted by molar-refractivity contribution is 0.0679. The van der Waals surface area contributed by atoms with Crippen molar-refractivity contribution in [3.05, 3.63) is 69.5 Å². The molecule has 2 aromatic rings. The summed E-state index contributed by atoms with van der Waals surface area (Å²) in [6, 6.07) is 10.1. The first kappa shape index (κ1) is 19.1. The van der Waals surface area contributed by atoms with Gasteiger partial charge in [0.2, 0.25) is 0 Å². The van der Waals surface area contributed by atoms with E-state index in [-0.39, 0.29) is 28.6 Å². The number of benzene rings is 2. The number of carbonyl (C=O) groups excluding carboxylic acids is 1. The van der Waals surface area contributed by atoms with Gasteiger partial charge in [-0.1, -0.05) is 35.3 Å². The van der Waals surface area contributed by atoms with Crippen molar-refractivity contribution in [2.24, 2.45) is 0 Å². The fourth-order valence-electron chi connectivity index (χ4n) is 3.03. The van der Waals surface area contributed by atoms with E-state index in [1.165, 1.54) is 29.2 Å². The summed E-state index contributed by atoms with van der Waals surface area (Å²) in [5.41, 5.74) is 0.475. The lowest BCUT2D eigenvalue weighted by Crippen LogP contribution is -2.41. The lowest BCUT2D eigenvalue weighted by atomic mass is 10.1. The predicted molar refractivity (Wildman–Crippen MR) is 99.8 cm³/mol. The third-order valence-electron chi connectivity index (χ3n) is 4.37. The monoisotopic (exact) mass is 415 g/mol. The van der Waals surface area contributed by atoms with E-state index in [1.54, 1.807) is 18.2 Å². The number of amides is 1. The molecule has 138 valence electrons. The van der Waals surface area contributed by atoms with Gasteiger partial charge in [0, 0.05) is 27.2 Å². The number of halogens is 3. The zero-order valence-corrected chi connectivity index (χ0v) is 16.0. The molecule has 0 N–H and O–H groups in total. The van der Waals surface area contributed by atoms with E-state index in [0.29, 0.717) is 17.0 Å². The molecule has 8 heteroatoms. The number of hydrogen-bond acceptors (Lipinski definition) is 3. The van der Waals surface area contributed by atoms with Gasteiger partial charge < -0.3 is 4.90 Å². The maximum absolute atomic E-state index is 14.2. The molecule has 0 aliphatic carbocycles. The second-order valence-corrected chi connectivity index (χ2v) is 9.27. The standard InChI is InChI=1S/C18H16Cl2FNO3S/c19-13-4-1-3-12(9-13)18(23)22(14-7-8-26(24,25)11-14)10-15-16(20)5-2-6-17(15)21/h1-6,9,14H,7-8,10-11H2/t14-/m0/s1. The number of rotatable bonds is 4. The van der Waals surface area contributed by atoms with Crippen LogP contribution < -0.4 is 0 Å². The van der Waals surface area contributed by atoms with Crippen molar-refractivity contribution in [1.82, 2.24) is 4.90 Å². The van der Waals surface area contributed by atoms with Gasteiger partial charge in [0.1, 0.15) is 5.82 Å². The van der Waals surface area contributed by atoms with E-state index in [1.807, 2.05) is 0 Å². The summed E-state index contributed by atoms with van der Waals surface area (Å²) >= 11 is 12.1. The van der Waals surface area contributed by atoms with Gasteiger partial charge in [-0.15, -0.1) is 0 Å². The Morgan fingerprint density at radius 1 is 1.19 bits per heavy atom. The van der Waals surface area contributed by atoms with Gasteiger partial charge in [-0.3, -0.25) is 4.79 Å². The van der Waals surface area contributed by atoms with Crippen LogP contribution in [0.25, 0.3) is 0 Å². The predicted octanol–water partition coefficient (Wildman–Crippen LogP) is 3.96. The van der Waals surface area contributed by atoms with E-state index in [4.69, 9.17) is 23.2 Å². The average Bonchev–Trinajstić information content (AvgIpc) is 2.94. The Balaban J connectivity index is 1.98. The van der Waals surface area contributed by atoms with E-state index in [9.17, 15) is 17.6 Å². The number of carbonyl (C=O) groups is 1. The summed E-state index contributed by atoms with van der Waals surface area (Å²) in [6.07, 6.45) is 0.306. The van der Waals surface area contributed by atoms with Gasteiger partial charge >= 0.3 is 0 Å². The Hall–Kier alpha value is -1.63. The molecular weight excluding hydrogens is 400 g/mol. The molecule has 0 bridgehead atoms. The molecule has 0 unspecified atom stereocenters. The van der Waals surface area contributed by atoms with Gasteiger partial charge in [0.05, 0.1) is 18.1 Å². The quantitative estimate of drug-likeness (QED) is 0.758. The molecule has 1 saturated heterocycles. The molecule has 26 heavy (non-hydrogen) atoms. The van der Waals surface area contributed by atoms with Crippen LogP contribution in [0.2, 0.25) is 10.0 Å². The van der Waals surface area contributed by atoms with Gasteiger partial charge in [-0.05, 0) is 36.8 Å². The first-order chi connectivity index (χ1) is 12.3. The Labute approximate surface area is 161 Å². The molecule has 1 heterocycles. The smallest absolute Gasteiger partial charge is 0.254 e. The third-order valence-corrected chi connectivity index (χ3v) is 6.71. The van der Waals surface area contributed by atoms with Gasteiger partial charge in [0.15, 0.2) is 9.84 Å². The van der Waals surface area contributed by atoms with Crippen LogP contribution in [0.1, 0.15) is 22.3 Å². The fraction of sp³-hybridized carbons (Fsp3) is 0.278. The Morgan fingerprint density at radius 3 is 2.54 bits per heavy atom. The third kappa shape index (κ3) is 4.19. The molecule has 1 aliphatic heterocycles. The summed E-state index contributed by atoms with van der Waals surface area (Å²) in [6.45, 7) is -0.114. The second kappa shape index (κ2) is 7.55. The second-order valence-electron chi connectivity index (χ2n) is 6.20. The molecule has 0 spiro atoms. The average molecular weight is 416 g/mol. The topological polar surface area (TPSA) is 54.5 Å². The highest BCUT2D eigenvalue weighted by Crippen LogP contribution is 2.27. The molecule has 3 rings (SSSR count). The van der Waals surface area contributed by atoms with Crippen molar-refractivity contribution < 1.29 is 17.6 Å². The zero-order valence-electron chi connectivity index (χ0n) is 13.7. The molecular formula is C18H16Cl2FNO3S. The maximum atomic E-state index is 14.2. The van der Waals surface area contributed by atoms with Crippen LogP contribution in [0, 0.1) is 5.82 Å². The van der Waals surface area contributed by atoms with Crippen molar-refractivity contribution in [3.63, 3.8) is 0 Å². The summed E-state index contributed by atoms with van der Waals surface area (Å²) < 4.78 is 38.0. The van der Waals surface area contributed by atoms with Crippen molar-refractivity contribution in [1.29, 1.82) is 0 Å². The van der Waals surface area contributed by atoms with Gasteiger partial charge in [0.25, 0.3) is 5.91 Å². The van der Waals surface area contributed by atoms with Crippen LogP contribution in [0.4, 0.5) is 4.39 Å². The molecule has 0 saturated carbocycles.